The third-order valence-corrected chi connectivity index (χ3v) is 5.76. The number of aryl methyl sites for hydroxylation is 2. The number of hydrogen-bond acceptors (Lipinski definition) is 4. The normalized spacial score (nSPS) is 14.5. The van der Waals surface area contributed by atoms with Gasteiger partial charge in [0.15, 0.2) is 0 Å². The van der Waals surface area contributed by atoms with Crippen LogP contribution in [0.25, 0.3) is 11.0 Å². The van der Waals surface area contributed by atoms with Crippen molar-refractivity contribution >= 4 is 40.3 Å². The Morgan fingerprint density at radius 3 is 2.42 bits per heavy atom. The molecular weight excluding hydrogens is 461 g/mol. The number of nitrogens with zero attached hydrogens (tertiary/aromatic N) is 3. The largest absolute Gasteiger partial charge is 0.450 e. The number of amides is 2. The lowest BCUT2D eigenvalue weighted by molar-refractivity contribution is -0.145. The molecule has 7 nitrogen and oxygen atoms in total. The van der Waals surface area contributed by atoms with Crippen molar-refractivity contribution in [2.24, 2.45) is 0 Å². The molecule has 1 fully saturated rings. The number of carbonyl (C=O) groups excluding carboxylic acids is 2. The molecule has 1 aromatic heterocycles. The van der Waals surface area contributed by atoms with Crippen LogP contribution in [0, 0.1) is 13.8 Å². The molecule has 0 spiro atoms. The third kappa shape index (κ3) is 4.28. The number of carbonyl (C=O) groups is 2. The molecule has 0 saturated carbocycles. The Morgan fingerprint density at radius 1 is 1.09 bits per heavy atom. The number of alkyl halides is 3. The van der Waals surface area contributed by atoms with Gasteiger partial charge in [-0.05, 0) is 37.1 Å². The van der Waals surface area contributed by atoms with Crippen LogP contribution < -0.4 is 5.32 Å². The first-order chi connectivity index (χ1) is 15.6. The topological polar surface area (TPSA) is 76.5 Å². The predicted molar refractivity (Wildman–Crippen MR) is 117 cm³/mol. The zero-order chi connectivity index (χ0) is 23.9. The minimum Gasteiger partial charge on any atom is -0.378 e. The number of ether oxygens (including phenoxy) is 1. The van der Waals surface area contributed by atoms with Crippen molar-refractivity contribution in [2.45, 2.75) is 20.0 Å². The van der Waals surface area contributed by atoms with E-state index in [4.69, 9.17) is 16.3 Å². The van der Waals surface area contributed by atoms with Crippen molar-refractivity contribution < 1.29 is 27.5 Å². The first-order valence-corrected chi connectivity index (χ1v) is 10.5. The van der Waals surface area contributed by atoms with Crippen LogP contribution in [-0.2, 0) is 10.9 Å². The monoisotopic (exact) mass is 480 g/mol. The first-order valence-electron chi connectivity index (χ1n) is 10.1. The average Bonchev–Trinajstić information content (AvgIpc) is 3.16. The highest BCUT2D eigenvalue weighted by atomic mass is 35.5. The van der Waals surface area contributed by atoms with Gasteiger partial charge in [-0.2, -0.15) is 13.2 Å². The molecule has 1 saturated heterocycles. The number of fused-ring (bicyclic) bond motifs is 1. The van der Waals surface area contributed by atoms with E-state index in [1.807, 2.05) is 0 Å². The maximum Gasteiger partial charge on any atom is 0.450 e. The van der Waals surface area contributed by atoms with Crippen molar-refractivity contribution in [1.82, 2.24) is 14.5 Å². The van der Waals surface area contributed by atoms with Gasteiger partial charge in [0.05, 0.1) is 35.0 Å². The number of aromatic nitrogens is 2. The van der Waals surface area contributed by atoms with Crippen molar-refractivity contribution in [3.63, 3.8) is 0 Å². The maximum atomic E-state index is 13.9. The Bertz CT molecular complexity index is 1230. The minimum absolute atomic E-state index is 0.0640. The minimum atomic E-state index is -4.91. The van der Waals surface area contributed by atoms with Crippen molar-refractivity contribution in [3.8, 4) is 0 Å². The number of morpholine rings is 1. The van der Waals surface area contributed by atoms with E-state index < -0.39 is 23.9 Å². The lowest BCUT2D eigenvalue weighted by atomic mass is 10.1. The van der Waals surface area contributed by atoms with Crippen LogP contribution in [0.4, 0.5) is 23.7 Å². The Hall–Kier alpha value is -3.11. The van der Waals surface area contributed by atoms with Gasteiger partial charge in [0.1, 0.15) is 5.52 Å². The second-order valence-corrected chi connectivity index (χ2v) is 8.07. The summed E-state index contributed by atoms with van der Waals surface area (Å²) in [5.74, 6) is -2.06. The molecule has 2 amide bonds. The molecule has 1 aliphatic rings. The molecule has 2 aromatic carbocycles. The van der Waals surface area contributed by atoms with Crippen LogP contribution in [0.5, 0.6) is 0 Å². The van der Waals surface area contributed by atoms with Gasteiger partial charge in [-0.3, -0.25) is 4.79 Å². The highest BCUT2D eigenvalue weighted by molar-refractivity contribution is 6.34. The number of benzene rings is 2. The average molecular weight is 481 g/mol. The summed E-state index contributed by atoms with van der Waals surface area (Å²) in [7, 11) is 0. The number of halogens is 4. The summed E-state index contributed by atoms with van der Waals surface area (Å²) in [4.78, 5) is 31.3. The standard InChI is InChI=1S/C22H20ClF3N4O3/c1-12-6-7-15-18(16(12)19(31)27-17-13(2)4-3-5-14(17)23)28-20(22(24,25)26)30(15)21(32)29-8-10-33-11-9-29/h3-7H,8-11H2,1-2H3,(H,27,31). The first kappa shape index (κ1) is 23.1. The van der Waals surface area contributed by atoms with Gasteiger partial charge in [-0.1, -0.05) is 29.8 Å². The van der Waals surface area contributed by atoms with Gasteiger partial charge < -0.3 is 15.0 Å². The van der Waals surface area contributed by atoms with E-state index in [2.05, 4.69) is 10.3 Å². The highest BCUT2D eigenvalue weighted by Crippen LogP contribution is 2.34. The fourth-order valence-electron chi connectivity index (χ4n) is 3.78. The molecule has 4 rings (SSSR count). The number of hydrogen-bond donors (Lipinski definition) is 1. The molecule has 1 N–H and O–H groups in total. The van der Waals surface area contributed by atoms with Crippen molar-refractivity contribution in [3.05, 3.63) is 57.9 Å². The molecule has 0 radical (unpaired) electrons. The van der Waals surface area contributed by atoms with E-state index in [0.717, 1.165) is 0 Å². The van der Waals surface area contributed by atoms with E-state index in [9.17, 15) is 22.8 Å². The molecule has 3 aromatic rings. The number of nitrogens with one attached hydrogen (secondary N) is 1. The molecule has 0 atom stereocenters. The van der Waals surface area contributed by atoms with Gasteiger partial charge in [0.25, 0.3) is 5.91 Å². The molecule has 33 heavy (non-hydrogen) atoms. The summed E-state index contributed by atoms with van der Waals surface area (Å²) < 4.78 is 47.4. The number of anilines is 1. The quantitative estimate of drug-likeness (QED) is 0.567. The van der Waals surface area contributed by atoms with Crippen LogP contribution in [0.1, 0.15) is 27.3 Å². The fourth-order valence-corrected chi connectivity index (χ4v) is 4.05. The van der Waals surface area contributed by atoms with Crippen molar-refractivity contribution in [1.29, 1.82) is 0 Å². The smallest absolute Gasteiger partial charge is 0.378 e. The summed E-state index contributed by atoms with van der Waals surface area (Å²) in [5.41, 5.74) is 1.05. The Labute approximate surface area is 192 Å². The van der Waals surface area contributed by atoms with Crippen LogP contribution in [0.2, 0.25) is 5.02 Å². The van der Waals surface area contributed by atoms with E-state index in [1.165, 1.54) is 17.0 Å². The van der Waals surface area contributed by atoms with Gasteiger partial charge in [0.2, 0.25) is 5.82 Å². The number of para-hydroxylation sites is 1. The SMILES string of the molecule is Cc1cccc(Cl)c1NC(=O)c1c(C)ccc2c1nc(C(F)(F)F)n2C(=O)N1CCOCC1. The van der Waals surface area contributed by atoms with Crippen LogP contribution in [0.15, 0.2) is 30.3 Å². The molecular formula is C22H20ClF3N4O3. The Kier molecular flexibility index (Phi) is 6.06. The molecule has 2 heterocycles. The van der Waals surface area contributed by atoms with Crippen LogP contribution >= 0.6 is 11.6 Å². The predicted octanol–water partition coefficient (Wildman–Crippen LogP) is 4.88. The summed E-state index contributed by atoms with van der Waals surface area (Å²) in [6.45, 7) is 4.09. The summed E-state index contributed by atoms with van der Waals surface area (Å²) in [5, 5.41) is 2.96. The number of rotatable bonds is 2. The number of imidazole rings is 1. The summed E-state index contributed by atoms with van der Waals surface area (Å²) in [6.07, 6.45) is -4.91. The van der Waals surface area contributed by atoms with Gasteiger partial charge in [0, 0.05) is 13.1 Å². The third-order valence-electron chi connectivity index (χ3n) is 5.45. The maximum absolute atomic E-state index is 13.9. The fraction of sp³-hybridized carbons (Fsp3) is 0.318. The molecule has 1 aliphatic heterocycles. The Balaban J connectivity index is 1.86. The molecule has 11 heteroatoms. The van der Waals surface area contributed by atoms with Crippen LogP contribution in [-0.4, -0.2) is 52.7 Å². The zero-order valence-corrected chi connectivity index (χ0v) is 18.5. The summed E-state index contributed by atoms with van der Waals surface area (Å²) >= 11 is 6.19. The molecule has 0 aliphatic carbocycles. The van der Waals surface area contributed by atoms with Gasteiger partial charge in [-0.25, -0.2) is 14.3 Å². The van der Waals surface area contributed by atoms with Crippen LogP contribution in [0.3, 0.4) is 0 Å². The lowest BCUT2D eigenvalue weighted by Crippen LogP contribution is -2.43. The zero-order valence-electron chi connectivity index (χ0n) is 17.8. The van der Waals surface area contributed by atoms with Crippen molar-refractivity contribution in [2.75, 3.05) is 31.6 Å². The Morgan fingerprint density at radius 2 is 1.79 bits per heavy atom. The summed E-state index contributed by atoms with van der Waals surface area (Å²) in [6, 6.07) is 7.03. The molecule has 0 bridgehead atoms. The van der Waals surface area contributed by atoms with E-state index >= 15 is 0 Å². The molecule has 174 valence electrons. The second-order valence-electron chi connectivity index (χ2n) is 7.66. The second kappa shape index (κ2) is 8.68. The van der Waals surface area contributed by atoms with E-state index in [1.54, 1.807) is 32.0 Å². The lowest BCUT2D eigenvalue weighted by Gasteiger charge is -2.27. The van der Waals surface area contributed by atoms with Gasteiger partial charge in [-0.15, -0.1) is 0 Å². The van der Waals surface area contributed by atoms with E-state index in [0.29, 0.717) is 21.4 Å². The highest BCUT2D eigenvalue weighted by Gasteiger charge is 2.41. The molecule has 0 unspecified atom stereocenters. The van der Waals surface area contributed by atoms with Gasteiger partial charge >= 0.3 is 12.2 Å². The van der Waals surface area contributed by atoms with E-state index in [-0.39, 0.29) is 47.9 Å².